The molecule has 1 rings (SSSR count). The molecule has 0 spiro atoms. The Kier molecular flexibility index (Phi) is 4.44. The van der Waals surface area contributed by atoms with Crippen molar-refractivity contribution in [3.05, 3.63) is 38.4 Å². The fourth-order valence-corrected chi connectivity index (χ4v) is 1.10. The van der Waals surface area contributed by atoms with Gasteiger partial charge < -0.3 is 0 Å². The third-order valence-electron chi connectivity index (χ3n) is 2.52. The van der Waals surface area contributed by atoms with Gasteiger partial charge in [-0.1, -0.05) is 13.8 Å². The molecule has 1 aromatic carbocycles. The van der Waals surface area contributed by atoms with Crippen LogP contribution in [0.15, 0.2) is 23.3 Å². The van der Waals surface area contributed by atoms with Crippen LogP contribution >= 0.6 is 0 Å². The summed E-state index contributed by atoms with van der Waals surface area (Å²) in [4.78, 5) is 23.9. The van der Waals surface area contributed by atoms with Crippen LogP contribution in [0.2, 0.25) is 0 Å². The van der Waals surface area contributed by atoms with E-state index in [0.29, 0.717) is 5.71 Å². The second kappa shape index (κ2) is 5.83. The maximum Gasteiger partial charge on any atom is 0.318 e. The minimum absolute atomic E-state index is 0.00407. The number of nitro benzene ring substituents is 2. The van der Waals surface area contributed by atoms with E-state index < -0.39 is 15.5 Å². The third-order valence-corrected chi connectivity index (χ3v) is 2.52. The topological polar surface area (TPSA) is 113 Å². The van der Waals surface area contributed by atoms with Gasteiger partial charge in [0.25, 0.3) is 5.69 Å². The van der Waals surface area contributed by atoms with Gasteiger partial charge in [-0.2, -0.15) is 0 Å². The first kappa shape index (κ1) is 14.5. The molecule has 8 heteroatoms. The fraction of sp³-hybridized carbons (Fsp3) is 0.364. The van der Waals surface area contributed by atoms with Gasteiger partial charge in [-0.3, -0.25) is 20.2 Å². The molecule has 0 aliphatic rings. The normalized spacial score (nSPS) is 9.89. The Morgan fingerprint density at radius 1 is 1.26 bits per heavy atom. The molecular formula is C11H13N4O4+. The van der Waals surface area contributed by atoms with E-state index in [0.717, 1.165) is 12.1 Å². The Hall–Kier alpha value is -2.60. The first-order valence-corrected chi connectivity index (χ1v) is 5.51. The lowest BCUT2D eigenvalue weighted by molar-refractivity contribution is -0.393. The maximum atomic E-state index is 10.8. The highest BCUT2D eigenvalue weighted by molar-refractivity contribution is 5.78. The van der Waals surface area contributed by atoms with Gasteiger partial charge in [0.15, 0.2) is 0 Å². The number of rotatable bonds is 4. The van der Waals surface area contributed by atoms with E-state index in [4.69, 9.17) is 0 Å². The van der Waals surface area contributed by atoms with Crippen molar-refractivity contribution in [3.63, 3.8) is 0 Å². The average Bonchev–Trinajstić information content (AvgIpc) is 2.35. The van der Waals surface area contributed by atoms with Crippen molar-refractivity contribution in [1.82, 2.24) is 0 Å². The Labute approximate surface area is 108 Å². The molecule has 0 heterocycles. The van der Waals surface area contributed by atoms with Gasteiger partial charge in [0.2, 0.25) is 5.69 Å². The maximum absolute atomic E-state index is 10.8. The number of benzene rings is 1. The van der Waals surface area contributed by atoms with Crippen LogP contribution in [0.1, 0.15) is 20.8 Å². The summed E-state index contributed by atoms with van der Waals surface area (Å²) >= 11 is 0. The van der Waals surface area contributed by atoms with Crippen molar-refractivity contribution in [2.24, 2.45) is 11.0 Å². The number of nitro groups is 2. The molecule has 0 bridgehead atoms. The van der Waals surface area contributed by atoms with Gasteiger partial charge >= 0.3 is 11.4 Å². The Balaban J connectivity index is 3.33. The number of hydrogen-bond donors (Lipinski definition) is 0. The first-order valence-electron chi connectivity index (χ1n) is 5.51. The molecule has 100 valence electrons. The van der Waals surface area contributed by atoms with Gasteiger partial charge in [0.1, 0.15) is 5.11 Å². The lowest BCUT2D eigenvalue weighted by atomic mass is 10.1. The van der Waals surface area contributed by atoms with E-state index >= 15 is 0 Å². The van der Waals surface area contributed by atoms with Crippen LogP contribution in [0.3, 0.4) is 0 Å². The molecule has 8 nitrogen and oxygen atoms in total. The lowest BCUT2D eigenvalue weighted by Gasteiger charge is -1.93. The molecule has 19 heavy (non-hydrogen) atoms. The summed E-state index contributed by atoms with van der Waals surface area (Å²) in [6, 6.07) is 3.25. The minimum atomic E-state index is -0.716. The molecule has 0 fully saturated rings. The predicted molar refractivity (Wildman–Crippen MR) is 67.6 cm³/mol. The summed E-state index contributed by atoms with van der Waals surface area (Å²) in [5, 5.41) is 25.2. The summed E-state index contributed by atoms with van der Waals surface area (Å²) in [5.74, 6) is 0.167. The van der Waals surface area contributed by atoms with Crippen molar-refractivity contribution in [2.75, 3.05) is 0 Å². The Bertz CT molecular complexity index is 588. The van der Waals surface area contributed by atoms with Crippen molar-refractivity contribution < 1.29 is 14.6 Å². The molecule has 0 aliphatic carbocycles. The highest BCUT2D eigenvalue weighted by Gasteiger charge is 2.22. The van der Waals surface area contributed by atoms with Gasteiger partial charge in [0, 0.05) is 13.0 Å². The van der Waals surface area contributed by atoms with Gasteiger partial charge in [-0.25, -0.2) is 0 Å². The Morgan fingerprint density at radius 2 is 1.89 bits per heavy atom. The molecule has 0 aromatic heterocycles. The third kappa shape index (κ3) is 3.68. The summed E-state index contributed by atoms with van der Waals surface area (Å²) in [6.07, 6.45) is 0. The minimum Gasteiger partial charge on any atom is -0.258 e. The molecule has 0 amide bonds. The quantitative estimate of drug-likeness (QED) is 0.274. The summed E-state index contributed by atoms with van der Waals surface area (Å²) in [7, 11) is 0. The molecule has 0 atom stereocenters. The van der Waals surface area contributed by atoms with Gasteiger partial charge in [0.05, 0.1) is 26.6 Å². The second-order valence-corrected chi connectivity index (χ2v) is 4.18. The molecule has 0 saturated heterocycles. The molecule has 0 saturated carbocycles. The fourth-order valence-electron chi connectivity index (χ4n) is 1.10. The van der Waals surface area contributed by atoms with Crippen LogP contribution in [-0.4, -0.2) is 20.3 Å². The van der Waals surface area contributed by atoms with Crippen molar-refractivity contribution in [1.29, 1.82) is 0 Å². The largest absolute Gasteiger partial charge is 0.318 e. The zero-order valence-corrected chi connectivity index (χ0v) is 10.7. The summed E-state index contributed by atoms with van der Waals surface area (Å²) < 4.78 is 0. The van der Waals surface area contributed by atoms with Crippen molar-refractivity contribution in [2.45, 2.75) is 20.8 Å². The first-order chi connectivity index (χ1) is 8.82. The van der Waals surface area contributed by atoms with E-state index in [1.165, 1.54) is 6.07 Å². The predicted octanol–water partition coefficient (Wildman–Crippen LogP) is 2.91. The van der Waals surface area contributed by atoms with Crippen LogP contribution in [0, 0.1) is 26.1 Å². The van der Waals surface area contributed by atoms with Crippen LogP contribution in [-0.2, 0) is 0 Å². The molecule has 0 aliphatic heterocycles. The zero-order valence-electron chi connectivity index (χ0n) is 10.7. The highest BCUT2D eigenvalue weighted by Crippen LogP contribution is 2.30. The zero-order chi connectivity index (χ0) is 14.6. The molecule has 0 unspecified atom stereocenters. The summed E-state index contributed by atoms with van der Waals surface area (Å²) in [6.45, 7) is 5.59. The lowest BCUT2D eigenvalue weighted by Crippen LogP contribution is -2.02. The van der Waals surface area contributed by atoms with Crippen LogP contribution in [0.5, 0.6) is 0 Å². The van der Waals surface area contributed by atoms with E-state index in [9.17, 15) is 20.2 Å². The van der Waals surface area contributed by atoms with E-state index in [1.54, 1.807) is 6.92 Å². The Morgan fingerprint density at radius 3 is 2.37 bits per heavy atom. The van der Waals surface area contributed by atoms with Crippen LogP contribution < -0.4 is 0 Å². The highest BCUT2D eigenvalue weighted by atomic mass is 16.6. The van der Waals surface area contributed by atoms with Gasteiger partial charge in [-0.15, -0.1) is 0 Å². The number of non-ortho nitro benzene ring substituents is 1. The van der Waals surface area contributed by atoms with Crippen molar-refractivity contribution in [3.8, 4) is 0 Å². The molecule has 0 radical (unpaired) electrons. The van der Waals surface area contributed by atoms with Crippen molar-refractivity contribution >= 4 is 22.8 Å². The molecule has 0 N–H and O–H groups in total. The summed E-state index contributed by atoms with van der Waals surface area (Å²) in [5.41, 5.74) is -0.0760. The number of nitrogens with zero attached hydrogens (tertiary/aromatic N) is 4. The molecule has 1 aromatic rings. The van der Waals surface area contributed by atoms with Crippen LogP contribution in [0.25, 0.3) is 0 Å². The molecular weight excluding hydrogens is 252 g/mol. The number of hydrogen-bond acceptors (Lipinski definition) is 5. The van der Waals surface area contributed by atoms with Gasteiger partial charge in [-0.05, 0) is 6.07 Å². The average molecular weight is 265 g/mol. The smallest absolute Gasteiger partial charge is 0.258 e. The van der Waals surface area contributed by atoms with Crippen LogP contribution in [0.4, 0.5) is 17.1 Å². The monoisotopic (exact) mass is 265 g/mol. The second-order valence-electron chi connectivity index (χ2n) is 4.18. The van der Waals surface area contributed by atoms with E-state index in [1.807, 2.05) is 13.8 Å². The SMILES string of the molecule is CC(=[N+]=Nc1ccc([N+](=O)[O-])cc1[N+](=O)[O-])C(C)C. The van der Waals surface area contributed by atoms with E-state index in [2.05, 4.69) is 9.90 Å². The standard InChI is InChI=1S/C11H13N4O4/c1-7(2)8(3)12-13-10-5-4-9(14(16)17)6-11(10)15(18)19/h4-7H,1-3H3/q+1. The van der Waals surface area contributed by atoms with E-state index in [-0.39, 0.29) is 17.3 Å².